The van der Waals surface area contributed by atoms with Gasteiger partial charge >= 0.3 is 0 Å². The fraction of sp³-hybridized carbons (Fsp3) is 0.750. The van der Waals surface area contributed by atoms with E-state index < -0.39 is 5.85 Å². The first kappa shape index (κ1) is 9.51. The monoisotopic (exact) mass is 171 g/mol. The van der Waals surface area contributed by atoms with Crippen LogP contribution in [0.15, 0.2) is 12.3 Å². The third kappa shape index (κ3) is 1.77. The van der Waals surface area contributed by atoms with Crippen molar-refractivity contribution in [3.63, 3.8) is 0 Å². The van der Waals surface area contributed by atoms with E-state index in [0.29, 0.717) is 5.92 Å². The molecule has 4 nitrogen and oxygen atoms in total. The molecule has 1 rings (SSSR count). The summed E-state index contributed by atoms with van der Waals surface area (Å²) in [6, 6.07) is 0. The van der Waals surface area contributed by atoms with Gasteiger partial charge in [0.1, 0.15) is 0 Å². The maximum absolute atomic E-state index is 5.91. The van der Waals surface area contributed by atoms with Crippen molar-refractivity contribution in [1.29, 1.82) is 0 Å². The van der Waals surface area contributed by atoms with Gasteiger partial charge in [-0.3, -0.25) is 5.73 Å². The molecule has 4 heteroatoms. The van der Waals surface area contributed by atoms with Crippen LogP contribution in [-0.2, 0) is 4.74 Å². The Morgan fingerprint density at radius 3 is 2.83 bits per heavy atom. The zero-order chi connectivity index (χ0) is 9.19. The zero-order valence-electron chi connectivity index (χ0n) is 7.87. The van der Waals surface area contributed by atoms with Crippen molar-refractivity contribution < 1.29 is 4.74 Å². The van der Waals surface area contributed by atoms with E-state index in [2.05, 4.69) is 19.3 Å². The second-order valence-electron chi connectivity index (χ2n) is 3.42. The van der Waals surface area contributed by atoms with Gasteiger partial charge in [-0.25, -0.2) is 0 Å². The van der Waals surface area contributed by atoms with E-state index in [1.807, 2.05) is 5.01 Å². The number of nitrogens with one attached hydrogen (secondary N) is 1. The number of nitrogens with zero attached hydrogens (tertiary/aromatic N) is 1. The normalized spacial score (nSPS) is 29.8. The molecule has 70 valence electrons. The number of ether oxygens (including phenoxy) is 1. The molecule has 0 aromatic carbocycles. The van der Waals surface area contributed by atoms with Crippen LogP contribution in [0, 0.1) is 5.92 Å². The van der Waals surface area contributed by atoms with E-state index in [1.54, 1.807) is 19.4 Å². The lowest BCUT2D eigenvalue weighted by molar-refractivity contribution is -0.105. The molecule has 0 aromatic rings. The predicted octanol–water partition coefficient (Wildman–Crippen LogP) is 0.235. The van der Waals surface area contributed by atoms with Crippen molar-refractivity contribution in [2.45, 2.75) is 19.7 Å². The summed E-state index contributed by atoms with van der Waals surface area (Å²) in [6.07, 6.45) is 3.60. The molecule has 0 saturated heterocycles. The van der Waals surface area contributed by atoms with Crippen LogP contribution in [0.1, 0.15) is 13.8 Å². The van der Waals surface area contributed by atoms with Gasteiger partial charge in [-0.1, -0.05) is 13.8 Å². The third-order valence-electron chi connectivity index (χ3n) is 1.85. The predicted molar refractivity (Wildman–Crippen MR) is 47.7 cm³/mol. The highest BCUT2D eigenvalue weighted by atomic mass is 16.5. The molecule has 1 atom stereocenters. The van der Waals surface area contributed by atoms with Gasteiger partial charge in [0.25, 0.3) is 0 Å². The third-order valence-corrected chi connectivity index (χ3v) is 1.85. The van der Waals surface area contributed by atoms with Crippen molar-refractivity contribution in [3.8, 4) is 0 Å². The lowest BCUT2D eigenvalue weighted by Gasteiger charge is -2.33. The average Bonchev–Trinajstić information content (AvgIpc) is 2.33. The highest BCUT2D eigenvalue weighted by Gasteiger charge is 2.33. The summed E-state index contributed by atoms with van der Waals surface area (Å²) in [5, 5.41) is 1.87. The van der Waals surface area contributed by atoms with Gasteiger partial charge in [-0.05, 0) is 12.0 Å². The van der Waals surface area contributed by atoms with Crippen molar-refractivity contribution >= 4 is 0 Å². The summed E-state index contributed by atoms with van der Waals surface area (Å²) in [5.41, 5.74) is 8.94. The molecule has 0 spiro atoms. The number of rotatable bonds is 3. The number of methoxy groups -OCH3 is 1. The quantitative estimate of drug-likeness (QED) is 0.597. The maximum atomic E-state index is 5.91. The van der Waals surface area contributed by atoms with Crippen molar-refractivity contribution in [2.75, 3.05) is 13.7 Å². The minimum Gasteiger partial charge on any atom is -0.346 e. The first-order valence-corrected chi connectivity index (χ1v) is 4.14. The zero-order valence-corrected chi connectivity index (χ0v) is 7.87. The first-order valence-electron chi connectivity index (χ1n) is 4.14. The number of hydrogen-bond acceptors (Lipinski definition) is 4. The molecule has 0 bridgehead atoms. The Labute approximate surface area is 73.3 Å². The molecule has 0 amide bonds. The van der Waals surface area contributed by atoms with Gasteiger partial charge < -0.3 is 10.2 Å². The maximum Gasteiger partial charge on any atom is 0.213 e. The van der Waals surface area contributed by atoms with E-state index in [0.717, 1.165) is 6.54 Å². The van der Waals surface area contributed by atoms with Crippen LogP contribution >= 0.6 is 0 Å². The number of hydrazine groups is 1. The molecule has 0 radical (unpaired) electrons. The van der Waals surface area contributed by atoms with Crippen LogP contribution in [0.25, 0.3) is 0 Å². The van der Waals surface area contributed by atoms with Gasteiger partial charge in [0.2, 0.25) is 5.85 Å². The summed E-state index contributed by atoms with van der Waals surface area (Å²) >= 11 is 0. The van der Waals surface area contributed by atoms with Gasteiger partial charge in [0.15, 0.2) is 0 Å². The summed E-state index contributed by atoms with van der Waals surface area (Å²) in [6.45, 7) is 5.13. The molecule has 1 heterocycles. The second kappa shape index (κ2) is 3.43. The topological polar surface area (TPSA) is 50.5 Å². The smallest absolute Gasteiger partial charge is 0.213 e. The summed E-state index contributed by atoms with van der Waals surface area (Å²) in [5.74, 6) is -0.222. The van der Waals surface area contributed by atoms with Gasteiger partial charge in [-0.2, -0.15) is 5.01 Å². The van der Waals surface area contributed by atoms with Gasteiger partial charge in [0.05, 0.1) is 0 Å². The van der Waals surface area contributed by atoms with Crippen LogP contribution < -0.4 is 11.2 Å². The van der Waals surface area contributed by atoms with E-state index >= 15 is 0 Å². The lowest BCUT2D eigenvalue weighted by atomic mass is 10.2. The summed E-state index contributed by atoms with van der Waals surface area (Å²) in [4.78, 5) is 0. The SMILES string of the molecule is COC1(N)C=CNN1CC(C)C. The Morgan fingerprint density at radius 1 is 1.67 bits per heavy atom. The van der Waals surface area contributed by atoms with Crippen LogP contribution in [-0.4, -0.2) is 24.5 Å². The Bertz CT molecular complexity index is 181. The van der Waals surface area contributed by atoms with Crippen molar-refractivity contribution in [2.24, 2.45) is 11.7 Å². The van der Waals surface area contributed by atoms with Gasteiger partial charge in [-0.15, -0.1) is 0 Å². The fourth-order valence-electron chi connectivity index (χ4n) is 1.18. The number of nitrogens with two attached hydrogens (primary N) is 1. The van der Waals surface area contributed by atoms with Crippen LogP contribution in [0.2, 0.25) is 0 Å². The van der Waals surface area contributed by atoms with Crippen molar-refractivity contribution in [3.05, 3.63) is 12.3 Å². The fourth-order valence-corrected chi connectivity index (χ4v) is 1.18. The standard InChI is InChI=1S/C8H17N3O/c1-7(2)6-11-8(9,12-3)4-5-10-11/h4-5,7,10H,6,9H2,1-3H3. The van der Waals surface area contributed by atoms with E-state index in [1.165, 1.54) is 0 Å². The molecule has 1 unspecified atom stereocenters. The van der Waals surface area contributed by atoms with Gasteiger partial charge in [0, 0.05) is 19.9 Å². The molecule has 1 aliphatic heterocycles. The first-order chi connectivity index (χ1) is 5.58. The highest BCUT2D eigenvalue weighted by Crippen LogP contribution is 2.15. The minimum atomic E-state index is -0.774. The Kier molecular flexibility index (Phi) is 2.72. The molecule has 0 aromatic heterocycles. The molecule has 0 aliphatic carbocycles. The molecule has 0 fully saturated rings. The molecular formula is C8H17N3O. The van der Waals surface area contributed by atoms with Crippen LogP contribution in [0.5, 0.6) is 0 Å². The molecule has 1 aliphatic rings. The molecule has 12 heavy (non-hydrogen) atoms. The number of hydrogen-bond donors (Lipinski definition) is 2. The molecule has 0 saturated carbocycles. The van der Waals surface area contributed by atoms with Crippen molar-refractivity contribution in [1.82, 2.24) is 10.4 Å². The van der Waals surface area contributed by atoms with E-state index in [-0.39, 0.29) is 0 Å². The van der Waals surface area contributed by atoms with E-state index in [9.17, 15) is 0 Å². The van der Waals surface area contributed by atoms with Crippen LogP contribution in [0.3, 0.4) is 0 Å². The Hall–Kier alpha value is -0.580. The highest BCUT2D eigenvalue weighted by molar-refractivity contribution is 5.02. The second-order valence-corrected chi connectivity index (χ2v) is 3.42. The van der Waals surface area contributed by atoms with Crippen LogP contribution in [0.4, 0.5) is 0 Å². The Balaban J connectivity index is 2.56. The summed E-state index contributed by atoms with van der Waals surface area (Å²) in [7, 11) is 1.60. The molecule has 3 N–H and O–H groups in total. The Morgan fingerprint density at radius 2 is 2.33 bits per heavy atom. The minimum absolute atomic E-state index is 0.551. The average molecular weight is 171 g/mol. The summed E-state index contributed by atoms with van der Waals surface area (Å²) < 4.78 is 5.17. The van der Waals surface area contributed by atoms with E-state index in [4.69, 9.17) is 10.5 Å². The molecular weight excluding hydrogens is 154 g/mol. The largest absolute Gasteiger partial charge is 0.346 e. The lowest BCUT2D eigenvalue weighted by Crippen LogP contribution is -2.57.